The van der Waals surface area contributed by atoms with Crippen LogP contribution in [0.3, 0.4) is 0 Å². The molecule has 0 aliphatic carbocycles. The molecule has 1 rings (SSSR count). The van der Waals surface area contributed by atoms with Crippen molar-refractivity contribution in [1.29, 1.82) is 0 Å². The summed E-state index contributed by atoms with van der Waals surface area (Å²) >= 11 is 15.8. The molecule has 0 unspecified atom stereocenters. The van der Waals surface area contributed by atoms with E-state index in [0.29, 0.717) is 16.7 Å². The van der Waals surface area contributed by atoms with Crippen LogP contribution in [-0.4, -0.2) is 8.32 Å². The van der Waals surface area contributed by atoms with Gasteiger partial charge in [0.2, 0.25) is 0 Å². The highest BCUT2D eigenvalue weighted by molar-refractivity contribution is 9.10. The molecule has 0 amide bonds. The summed E-state index contributed by atoms with van der Waals surface area (Å²) in [5.74, 6) is 0. The van der Waals surface area contributed by atoms with Gasteiger partial charge >= 0.3 is 0 Å². The second-order valence-electron chi connectivity index (χ2n) is 5.90. The van der Waals surface area contributed by atoms with Crippen molar-refractivity contribution in [3.05, 3.63) is 32.2 Å². The maximum atomic E-state index is 6.20. The first kappa shape index (κ1) is 16.5. The molecule has 0 saturated carbocycles. The van der Waals surface area contributed by atoms with E-state index in [1.165, 1.54) is 0 Å². The zero-order valence-electron chi connectivity index (χ0n) is 11.4. The maximum absolute atomic E-state index is 6.20. The summed E-state index contributed by atoms with van der Waals surface area (Å²) in [7, 11) is -1.78. The van der Waals surface area contributed by atoms with Crippen molar-refractivity contribution in [2.75, 3.05) is 0 Å². The molecule has 0 heterocycles. The Kier molecular flexibility index (Phi) is 5.36. The van der Waals surface area contributed by atoms with Crippen LogP contribution >= 0.6 is 39.1 Å². The fourth-order valence-electron chi connectivity index (χ4n) is 1.18. The van der Waals surface area contributed by atoms with Gasteiger partial charge in [0.25, 0.3) is 0 Å². The third kappa shape index (κ3) is 3.97. The Morgan fingerprint density at radius 2 is 1.61 bits per heavy atom. The lowest BCUT2D eigenvalue weighted by Gasteiger charge is -2.36. The Hall–Kier alpha value is 0.457. The highest BCUT2D eigenvalue weighted by Crippen LogP contribution is 2.38. The predicted molar refractivity (Wildman–Crippen MR) is 86.1 cm³/mol. The molecule has 1 nitrogen and oxygen atoms in total. The molecule has 0 atom stereocenters. The Morgan fingerprint density at radius 3 is 2.00 bits per heavy atom. The standard InChI is InChI=1S/C13H19BrCl2OSi/c1-13(2,3)18(4,5)17-8-10-11(15)6-9(14)7-12(10)16/h6-7H,8H2,1-5H3. The Bertz CT molecular complexity index is 418. The van der Waals surface area contributed by atoms with E-state index < -0.39 is 8.32 Å². The maximum Gasteiger partial charge on any atom is 0.192 e. The fourth-order valence-corrected chi connectivity index (χ4v) is 3.43. The molecule has 0 aromatic heterocycles. The van der Waals surface area contributed by atoms with E-state index in [1.54, 1.807) is 0 Å². The minimum Gasteiger partial charge on any atom is -0.412 e. The van der Waals surface area contributed by atoms with Crippen molar-refractivity contribution in [1.82, 2.24) is 0 Å². The highest BCUT2D eigenvalue weighted by Gasteiger charge is 2.37. The van der Waals surface area contributed by atoms with Crippen LogP contribution in [0.4, 0.5) is 0 Å². The molecule has 5 heteroatoms. The van der Waals surface area contributed by atoms with E-state index in [9.17, 15) is 0 Å². The Labute approximate surface area is 129 Å². The lowest BCUT2D eigenvalue weighted by atomic mass is 10.2. The first-order chi connectivity index (χ1) is 8.04. The van der Waals surface area contributed by atoms with Crippen molar-refractivity contribution in [3.63, 3.8) is 0 Å². The minimum atomic E-state index is -1.78. The van der Waals surface area contributed by atoms with E-state index in [4.69, 9.17) is 27.6 Å². The molecule has 102 valence electrons. The summed E-state index contributed by atoms with van der Waals surface area (Å²) in [6.45, 7) is 11.5. The van der Waals surface area contributed by atoms with E-state index in [-0.39, 0.29) is 5.04 Å². The van der Waals surface area contributed by atoms with Crippen molar-refractivity contribution < 1.29 is 4.43 Å². The topological polar surface area (TPSA) is 9.23 Å². The molecular weight excluding hydrogens is 351 g/mol. The average molecular weight is 370 g/mol. The summed E-state index contributed by atoms with van der Waals surface area (Å²) < 4.78 is 7.02. The minimum absolute atomic E-state index is 0.182. The number of rotatable bonds is 3. The third-order valence-corrected chi connectivity index (χ3v) is 9.10. The largest absolute Gasteiger partial charge is 0.412 e. The van der Waals surface area contributed by atoms with Gasteiger partial charge in [0.05, 0.1) is 6.61 Å². The van der Waals surface area contributed by atoms with Crippen LogP contribution < -0.4 is 0 Å². The molecular formula is C13H19BrCl2OSi. The average Bonchev–Trinajstić information content (AvgIpc) is 2.13. The van der Waals surface area contributed by atoms with Crippen LogP contribution in [0, 0.1) is 0 Å². The van der Waals surface area contributed by atoms with Crippen LogP contribution in [0.1, 0.15) is 26.3 Å². The van der Waals surface area contributed by atoms with E-state index in [0.717, 1.165) is 10.0 Å². The summed E-state index contributed by atoms with van der Waals surface area (Å²) in [4.78, 5) is 0. The predicted octanol–water partition coefficient (Wildman–Crippen LogP) is 6.28. The van der Waals surface area contributed by atoms with Gasteiger partial charge in [0.15, 0.2) is 8.32 Å². The molecule has 0 aliphatic heterocycles. The molecule has 0 N–H and O–H groups in total. The summed E-state index contributed by atoms with van der Waals surface area (Å²) in [5.41, 5.74) is 0.867. The van der Waals surface area contributed by atoms with Gasteiger partial charge in [-0.25, -0.2) is 0 Å². The molecule has 18 heavy (non-hydrogen) atoms. The van der Waals surface area contributed by atoms with E-state index >= 15 is 0 Å². The quantitative estimate of drug-likeness (QED) is 0.569. The van der Waals surface area contributed by atoms with Gasteiger partial charge in [0, 0.05) is 20.1 Å². The zero-order valence-corrected chi connectivity index (χ0v) is 15.5. The van der Waals surface area contributed by atoms with Gasteiger partial charge in [-0.2, -0.15) is 0 Å². The number of halogens is 3. The smallest absolute Gasteiger partial charge is 0.192 e. The van der Waals surface area contributed by atoms with Gasteiger partial charge in [0.1, 0.15) is 0 Å². The molecule has 0 fully saturated rings. The number of benzene rings is 1. The Balaban J connectivity index is 2.88. The normalized spacial score (nSPS) is 12.9. The molecule has 0 spiro atoms. The van der Waals surface area contributed by atoms with Gasteiger partial charge < -0.3 is 4.43 Å². The lowest BCUT2D eigenvalue weighted by molar-refractivity contribution is 0.276. The summed E-state index contributed by atoms with van der Waals surface area (Å²) in [6, 6.07) is 3.69. The molecule has 0 bridgehead atoms. The van der Waals surface area contributed by atoms with Gasteiger partial charge in [-0.15, -0.1) is 0 Å². The molecule has 1 aromatic rings. The van der Waals surface area contributed by atoms with Crippen molar-refractivity contribution in [2.24, 2.45) is 0 Å². The van der Waals surface area contributed by atoms with E-state index in [2.05, 4.69) is 49.8 Å². The van der Waals surface area contributed by atoms with Crippen LogP contribution in [0.25, 0.3) is 0 Å². The summed E-state index contributed by atoms with van der Waals surface area (Å²) in [5, 5.41) is 1.47. The Morgan fingerprint density at radius 1 is 1.17 bits per heavy atom. The molecule has 1 aromatic carbocycles. The third-order valence-electron chi connectivity index (χ3n) is 3.49. The van der Waals surface area contributed by atoms with Crippen LogP contribution in [0.15, 0.2) is 16.6 Å². The van der Waals surface area contributed by atoms with Gasteiger partial charge in [-0.3, -0.25) is 0 Å². The van der Waals surface area contributed by atoms with Crippen molar-refractivity contribution in [3.8, 4) is 0 Å². The monoisotopic (exact) mass is 368 g/mol. The van der Waals surface area contributed by atoms with Gasteiger partial charge in [-0.05, 0) is 30.3 Å². The lowest BCUT2D eigenvalue weighted by Crippen LogP contribution is -2.40. The van der Waals surface area contributed by atoms with Crippen LogP contribution in [0.2, 0.25) is 28.2 Å². The number of hydrogen-bond acceptors (Lipinski definition) is 1. The first-order valence-electron chi connectivity index (χ1n) is 5.82. The van der Waals surface area contributed by atoms with E-state index in [1.807, 2.05) is 12.1 Å². The van der Waals surface area contributed by atoms with Crippen molar-refractivity contribution >= 4 is 47.4 Å². The van der Waals surface area contributed by atoms with Gasteiger partial charge in [-0.1, -0.05) is 59.9 Å². The second-order valence-corrected chi connectivity index (χ2v) is 12.4. The highest BCUT2D eigenvalue weighted by atomic mass is 79.9. The van der Waals surface area contributed by atoms with Crippen LogP contribution in [0.5, 0.6) is 0 Å². The summed E-state index contributed by atoms with van der Waals surface area (Å²) in [6.07, 6.45) is 0. The molecule has 0 saturated heterocycles. The van der Waals surface area contributed by atoms with Crippen LogP contribution in [-0.2, 0) is 11.0 Å². The van der Waals surface area contributed by atoms with Crippen molar-refractivity contribution in [2.45, 2.75) is 45.5 Å². The fraction of sp³-hybridized carbons (Fsp3) is 0.538. The zero-order chi connectivity index (χ0) is 14.1. The number of hydrogen-bond donors (Lipinski definition) is 0. The molecule has 0 aliphatic rings. The second kappa shape index (κ2) is 5.84. The SMILES string of the molecule is CC(C)(C)[Si](C)(C)OCc1c(Cl)cc(Br)cc1Cl. The molecule has 0 radical (unpaired) electrons. The first-order valence-corrected chi connectivity index (χ1v) is 10.3.